The van der Waals surface area contributed by atoms with Crippen LogP contribution in [0.2, 0.25) is 0 Å². The average Bonchev–Trinajstić information content (AvgIpc) is 2.30. The lowest BCUT2D eigenvalue weighted by atomic mass is 10.1. The number of ether oxygens (including phenoxy) is 1. The number of esters is 1. The first kappa shape index (κ1) is 13.4. The van der Waals surface area contributed by atoms with E-state index in [9.17, 15) is 9.59 Å². The number of rotatable bonds is 3. The van der Waals surface area contributed by atoms with Gasteiger partial charge < -0.3 is 9.64 Å². The monoisotopic (exact) mass is 245 g/mol. The van der Waals surface area contributed by atoms with E-state index >= 15 is 0 Å². The molecular formula is C11H19NO3S. The maximum absolute atomic E-state index is 11.8. The van der Waals surface area contributed by atoms with E-state index in [0.717, 1.165) is 37.7 Å². The van der Waals surface area contributed by atoms with Crippen LogP contribution in [0.3, 0.4) is 0 Å². The molecule has 0 bridgehead atoms. The Kier molecular flexibility index (Phi) is 5.66. The van der Waals surface area contributed by atoms with Crippen molar-refractivity contribution in [1.82, 2.24) is 4.90 Å². The highest BCUT2D eigenvalue weighted by Crippen LogP contribution is 2.20. The summed E-state index contributed by atoms with van der Waals surface area (Å²) in [6.45, 7) is 5.48. The second-order valence-corrected chi connectivity index (χ2v) is 5.12. The molecule has 5 heteroatoms. The van der Waals surface area contributed by atoms with Gasteiger partial charge in [0.25, 0.3) is 5.24 Å². The van der Waals surface area contributed by atoms with Crippen LogP contribution in [0, 0.1) is 0 Å². The van der Waals surface area contributed by atoms with Gasteiger partial charge in [-0.25, -0.2) is 0 Å². The fourth-order valence-corrected chi connectivity index (χ4v) is 2.41. The zero-order valence-corrected chi connectivity index (χ0v) is 10.7. The molecule has 0 aromatic heterocycles. The zero-order chi connectivity index (χ0) is 12.0. The Balaban J connectivity index is 2.34. The van der Waals surface area contributed by atoms with Crippen LogP contribution < -0.4 is 0 Å². The first-order chi connectivity index (χ1) is 7.65. The largest absolute Gasteiger partial charge is 0.465 e. The van der Waals surface area contributed by atoms with Crippen molar-refractivity contribution in [2.75, 3.05) is 19.7 Å². The van der Waals surface area contributed by atoms with E-state index in [-0.39, 0.29) is 11.2 Å². The SMILES string of the molecule is CCOC(=O)C(C)SC(=O)N1CCCCC1. The number of hydrogen-bond acceptors (Lipinski definition) is 4. The maximum atomic E-state index is 11.8. The molecule has 1 aliphatic rings. The summed E-state index contributed by atoms with van der Waals surface area (Å²) in [6.07, 6.45) is 3.34. The molecule has 1 atom stereocenters. The lowest BCUT2D eigenvalue weighted by Gasteiger charge is -2.26. The third-order valence-electron chi connectivity index (χ3n) is 2.51. The van der Waals surface area contributed by atoms with Crippen LogP contribution in [0.25, 0.3) is 0 Å². The first-order valence-electron chi connectivity index (χ1n) is 5.77. The Hall–Kier alpha value is -0.710. The summed E-state index contributed by atoms with van der Waals surface area (Å²) in [5, 5.41) is -0.408. The van der Waals surface area contributed by atoms with Crippen LogP contribution in [0.1, 0.15) is 33.1 Å². The number of carbonyl (C=O) groups is 2. The van der Waals surface area contributed by atoms with E-state index in [0.29, 0.717) is 6.61 Å². The Morgan fingerprint density at radius 1 is 1.31 bits per heavy atom. The molecule has 0 aromatic rings. The number of thioether (sulfide) groups is 1. The third-order valence-corrected chi connectivity index (χ3v) is 3.52. The highest BCUT2D eigenvalue weighted by atomic mass is 32.2. The minimum atomic E-state index is -0.408. The van der Waals surface area contributed by atoms with Crippen LogP contribution in [-0.4, -0.2) is 41.1 Å². The number of carbonyl (C=O) groups excluding carboxylic acids is 2. The molecule has 1 rings (SSSR count). The summed E-state index contributed by atoms with van der Waals surface area (Å²) in [5.41, 5.74) is 0. The van der Waals surface area contributed by atoms with Crippen LogP contribution in [-0.2, 0) is 9.53 Å². The van der Waals surface area contributed by atoms with Crippen LogP contribution in [0.15, 0.2) is 0 Å². The van der Waals surface area contributed by atoms with Gasteiger partial charge >= 0.3 is 5.97 Å². The fraction of sp³-hybridized carbons (Fsp3) is 0.818. The van der Waals surface area contributed by atoms with Crippen molar-refractivity contribution in [1.29, 1.82) is 0 Å². The molecule has 1 unspecified atom stereocenters. The van der Waals surface area contributed by atoms with E-state index in [1.807, 2.05) is 4.90 Å². The molecule has 0 N–H and O–H groups in total. The number of likely N-dealkylation sites (tertiary alicyclic amines) is 1. The first-order valence-corrected chi connectivity index (χ1v) is 6.65. The van der Waals surface area contributed by atoms with Crippen molar-refractivity contribution in [2.45, 2.75) is 38.4 Å². The molecule has 0 aliphatic carbocycles. The molecule has 0 aromatic carbocycles. The van der Waals surface area contributed by atoms with E-state index < -0.39 is 5.25 Å². The standard InChI is InChI=1S/C11H19NO3S/c1-3-15-10(13)9(2)16-11(14)12-7-5-4-6-8-12/h9H,3-8H2,1-2H3. The van der Waals surface area contributed by atoms with Crippen LogP contribution >= 0.6 is 11.8 Å². The van der Waals surface area contributed by atoms with E-state index in [1.54, 1.807) is 13.8 Å². The van der Waals surface area contributed by atoms with E-state index in [2.05, 4.69) is 0 Å². The van der Waals surface area contributed by atoms with Gasteiger partial charge in [-0.2, -0.15) is 0 Å². The Labute approximate surface area is 101 Å². The van der Waals surface area contributed by atoms with Gasteiger partial charge in [-0.05, 0) is 44.9 Å². The zero-order valence-electron chi connectivity index (χ0n) is 9.90. The van der Waals surface area contributed by atoms with E-state index in [1.165, 1.54) is 6.42 Å². The molecule has 0 radical (unpaired) electrons. The van der Waals surface area contributed by atoms with Crippen molar-refractivity contribution in [3.63, 3.8) is 0 Å². The fourth-order valence-electron chi connectivity index (χ4n) is 1.61. The van der Waals surface area contributed by atoms with Gasteiger partial charge in [-0.1, -0.05) is 0 Å². The Morgan fingerprint density at radius 3 is 2.50 bits per heavy atom. The second-order valence-electron chi connectivity index (χ2n) is 3.83. The molecule has 92 valence electrons. The molecule has 1 aliphatic heterocycles. The van der Waals surface area contributed by atoms with Crippen molar-refractivity contribution < 1.29 is 14.3 Å². The summed E-state index contributed by atoms with van der Waals surface area (Å²) >= 11 is 1.07. The van der Waals surface area contributed by atoms with Crippen molar-refractivity contribution in [3.05, 3.63) is 0 Å². The van der Waals surface area contributed by atoms with Gasteiger partial charge in [0.1, 0.15) is 5.25 Å². The lowest BCUT2D eigenvalue weighted by molar-refractivity contribution is -0.142. The van der Waals surface area contributed by atoms with Gasteiger partial charge in [0.05, 0.1) is 6.61 Å². The summed E-state index contributed by atoms with van der Waals surface area (Å²) in [4.78, 5) is 25.0. The predicted molar refractivity (Wildman–Crippen MR) is 64.5 cm³/mol. The Bertz CT molecular complexity index is 252. The normalized spacial score (nSPS) is 18.0. The summed E-state index contributed by atoms with van der Waals surface area (Å²) in [5.74, 6) is -0.308. The maximum Gasteiger partial charge on any atom is 0.319 e. The summed E-state index contributed by atoms with van der Waals surface area (Å²) in [6, 6.07) is 0. The molecular weight excluding hydrogens is 226 g/mol. The molecule has 1 heterocycles. The number of nitrogens with zero attached hydrogens (tertiary/aromatic N) is 1. The molecule has 16 heavy (non-hydrogen) atoms. The van der Waals surface area contributed by atoms with Gasteiger partial charge in [0.2, 0.25) is 0 Å². The van der Waals surface area contributed by atoms with E-state index in [4.69, 9.17) is 4.74 Å². The highest BCUT2D eigenvalue weighted by molar-refractivity contribution is 8.14. The van der Waals surface area contributed by atoms with Gasteiger partial charge in [-0.15, -0.1) is 0 Å². The van der Waals surface area contributed by atoms with Crippen molar-refractivity contribution >= 4 is 23.0 Å². The molecule has 1 fully saturated rings. The topological polar surface area (TPSA) is 46.6 Å². The van der Waals surface area contributed by atoms with Gasteiger partial charge in [0, 0.05) is 13.1 Å². The molecule has 0 spiro atoms. The predicted octanol–water partition coefficient (Wildman–Crippen LogP) is 2.28. The quantitative estimate of drug-likeness (QED) is 0.716. The molecule has 0 saturated carbocycles. The number of piperidine rings is 1. The van der Waals surface area contributed by atoms with Crippen molar-refractivity contribution in [3.8, 4) is 0 Å². The minimum Gasteiger partial charge on any atom is -0.465 e. The highest BCUT2D eigenvalue weighted by Gasteiger charge is 2.23. The van der Waals surface area contributed by atoms with Gasteiger partial charge in [0.15, 0.2) is 0 Å². The second kappa shape index (κ2) is 6.78. The Morgan fingerprint density at radius 2 is 1.94 bits per heavy atom. The minimum absolute atomic E-state index is 0.000234. The average molecular weight is 245 g/mol. The third kappa shape index (κ3) is 4.04. The summed E-state index contributed by atoms with van der Waals surface area (Å²) in [7, 11) is 0. The van der Waals surface area contributed by atoms with Crippen molar-refractivity contribution in [2.24, 2.45) is 0 Å². The van der Waals surface area contributed by atoms with Crippen LogP contribution in [0.5, 0.6) is 0 Å². The van der Waals surface area contributed by atoms with Gasteiger partial charge in [-0.3, -0.25) is 9.59 Å². The summed E-state index contributed by atoms with van der Waals surface area (Å²) < 4.78 is 4.86. The number of amides is 1. The smallest absolute Gasteiger partial charge is 0.319 e. The lowest BCUT2D eigenvalue weighted by Crippen LogP contribution is -2.34. The molecule has 1 saturated heterocycles. The molecule has 1 amide bonds. The molecule has 4 nitrogen and oxygen atoms in total. The number of hydrogen-bond donors (Lipinski definition) is 0. The van der Waals surface area contributed by atoms with Crippen LogP contribution in [0.4, 0.5) is 4.79 Å².